The third-order valence-corrected chi connectivity index (χ3v) is 6.47. The minimum atomic E-state index is -0.0642. The Kier molecular flexibility index (Phi) is 5.35. The molecule has 4 nitrogen and oxygen atoms in total. The van der Waals surface area contributed by atoms with Gasteiger partial charge in [0.25, 0.3) is 5.56 Å². The lowest BCUT2D eigenvalue weighted by atomic mass is 10.0. The number of fused-ring (bicyclic) bond motifs is 1. The molecule has 0 bridgehead atoms. The summed E-state index contributed by atoms with van der Waals surface area (Å²) >= 11 is 1.59. The molecule has 0 fully saturated rings. The van der Waals surface area contributed by atoms with E-state index in [0.717, 1.165) is 20.8 Å². The zero-order chi connectivity index (χ0) is 20.5. The Balaban J connectivity index is 1.68. The van der Waals surface area contributed by atoms with Crippen LogP contribution in [0.15, 0.2) is 59.4 Å². The summed E-state index contributed by atoms with van der Waals surface area (Å²) in [6, 6.07) is 18.9. The van der Waals surface area contributed by atoms with E-state index in [1.807, 2.05) is 18.2 Å². The Hall–Kier alpha value is -2.76. The molecule has 148 valence electrons. The van der Waals surface area contributed by atoms with E-state index in [1.54, 1.807) is 11.3 Å². The molecule has 5 heteroatoms. The lowest BCUT2D eigenvalue weighted by Gasteiger charge is -2.24. The zero-order valence-corrected chi connectivity index (χ0v) is 18.0. The molecule has 2 heterocycles. The molecule has 2 aromatic heterocycles. The Labute approximate surface area is 174 Å². The summed E-state index contributed by atoms with van der Waals surface area (Å²) in [7, 11) is 2.05. The van der Waals surface area contributed by atoms with Crippen molar-refractivity contribution in [1.29, 1.82) is 0 Å². The summed E-state index contributed by atoms with van der Waals surface area (Å²) in [5.41, 5.74) is 4.44. The van der Waals surface area contributed by atoms with Crippen molar-refractivity contribution in [3.8, 4) is 11.1 Å². The van der Waals surface area contributed by atoms with E-state index in [-0.39, 0.29) is 11.6 Å². The lowest BCUT2D eigenvalue weighted by Crippen LogP contribution is -2.24. The van der Waals surface area contributed by atoms with Crippen LogP contribution in [0.5, 0.6) is 0 Å². The summed E-state index contributed by atoms with van der Waals surface area (Å²) in [6.07, 6.45) is 0. The minimum absolute atomic E-state index is 0.0642. The van der Waals surface area contributed by atoms with Gasteiger partial charge in [-0.25, -0.2) is 4.98 Å². The molecule has 0 saturated heterocycles. The maximum absolute atomic E-state index is 13.0. The van der Waals surface area contributed by atoms with Crippen molar-refractivity contribution in [3.05, 3.63) is 86.8 Å². The first kappa shape index (κ1) is 19.6. The highest BCUT2D eigenvalue weighted by Crippen LogP contribution is 2.35. The van der Waals surface area contributed by atoms with E-state index in [4.69, 9.17) is 4.98 Å². The van der Waals surface area contributed by atoms with E-state index in [0.29, 0.717) is 17.8 Å². The van der Waals surface area contributed by atoms with Crippen LogP contribution in [0, 0.1) is 13.8 Å². The fourth-order valence-electron chi connectivity index (χ4n) is 3.67. The Morgan fingerprint density at radius 2 is 1.76 bits per heavy atom. The van der Waals surface area contributed by atoms with E-state index in [2.05, 4.69) is 74.1 Å². The summed E-state index contributed by atoms with van der Waals surface area (Å²) < 4.78 is 0. The van der Waals surface area contributed by atoms with Crippen molar-refractivity contribution in [2.24, 2.45) is 0 Å². The molecular formula is C24H25N3OS. The molecule has 1 N–H and O–H groups in total. The van der Waals surface area contributed by atoms with Crippen molar-refractivity contribution in [2.45, 2.75) is 33.4 Å². The SMILES string of the molecule is Cc1ccc(-c2c(C)sc3nc(CN(C)C(C)c4ccccc4)[nH]c(=O)c23)cc1. The molecule has 0 aliphatic heterocycles. The van der Waals surface area contributed by atoms with Gasteiger partial charge >= 0.3 is 0 Å². The molecule has 0 spiro atoms. The van der Waals surface area contributed by atoms with Crippen molar-refractivity contribution in [2.75, 3.05) is 7.05 Å². The van der Waals surface area contributed by atoms with Gasteiger partial charge in [-0.05, 0) is 38.9 Å². The first-order valence-electron chi connectivity index (χ1n) is 9.78. The van der Waals surface area contributed by atoms with Gasteiger partial charge in [0.1, 0.15) is 10.7 Å². The Morgan fingerprint density at radius 1 is 1.07 bits per heavy atom. The van der Waals surface area contributed by atoms with Crippen molar-refractivity contribution >= 4 is 21.6 Å². The van der Waals surface area contributed by atoms with Crippen LogP contribution in [0.4, 0.5) is 0 Å². The second kappa shape index (κ2) is 7.93. The largest absolute Gasteiger partial charge is 0.309 e. The van der Waals surface area contributed by atoms with Crippen LogP contribution in [-0.4, -0.2) is 21.9 Å². The van der Waals surface area contributed by atoms with Crippen LogP contribution in [0.25, 0.3) is 21.3 Å². The van der Waals surface area contributed by atoms with Crippen LogP contribution < -0.4 is 5.56 Å². The number of thiophene rings is 1. The summed E-state index contributed by atoms with van der Waals surface area (Å²) in [6.45, 7) is 6.87. The highest BCUT2D eigenvalue weighted by atomic mass is 32.1. The third-order valence-electron chi connectivity index (χ3n) is 5.47. The number of H-pyrrole nitrogens is 1. The minimum Gasteiger partial charge on any atom is -0.309 e. The van der Waals surface area contributed by atoms with Gasteiger partial charge in [0.05, 0.1) is 11.9 Å². The highest BCUT2D eigenvalue weighted by molar-refractivity contribution is 7.19. The number of nitrogens with one attached hydrogen (secondary N) is 1. The summed E-state index contributed by atoms with van der Waals surface area (Å²) in [4.78, 5) is 24.9. The maximum atomic E-state index is 13.0. The lowest BCUT2D eigenvalue weighted by molar-refractivity contribution is 0.247. The molecule has 4 rings (SSSR count). The number of hydrogen-bond donors (Lipinski definition) is 1. The summed E-state index contributed by atoms with van der Waals surface area (Å²) in [5.74, 6) is 0.699. The van der Waals surface area contributed by atoms with Gasteiger partial charge in [0.15, 0.2) is 0 Å². The van der Waals surface area contributed by atoms with Crippen LogP contribution in [-0.2, 0) is 6.54 Å². The van der Waals surface area contributed by atoms with Crippen molar-refractivity contribution < 1.29 is 0 Å². The van der Waals surface area contributed by atoms with E-state index < -0.39 is 0 Å². The number of aromatic nitrogens is 2. The molecule has 0 aliphatic rings. The molecule has 29 heavy (non-hydrogen) atoms. The molecule has 2 aromatic carbocycles. The van der Waals surface area contributed by atoms with Gasteiger partial charge in [-0.15, -0.1) is 11.3 Å². The van der Waals surface area contributed by atoms with Crippen LogP contribution in [0.1, 0.15) is 34.8 Å². The fourth-order valence-corrected chi connectivity index (χ4v) is 4.73. The number of hydrogen-bond acceptors (Lipinski definition) is 4. The number of aryl methyl sites for hydroxylation is 2. The standard InChI is InChI=1S/C24H25N3OS/c1-15-10-12-19(13-11-15)21-17(3)29-24-22(21)23(28)25-20(26-24)14-27(4)16(2)18-8-6-5-7-9-18/h5-13,16H,14H2,1-4H3,(H,25,26,28). The highest BCUT2D eigenvalue weighted by Gasteiger charge is 2.18. The van der Waals surface area contributed by atoms with Crippen LogP contribution >= 0.6 is 11.3 Å². The zero-order valence-electron chi connectivity index (χ0n) is 17.2. The second-order valence-electron chi connectivity index (χ2n) is 7.59. The molecule has 0 aliphatic carbocycles. The predicted octanol–water partition coefficient (Wildman–Crippen LogP) is 5.46. The first-order valence-corrected chi connectivity index (χ1v) is 10.6. The number of benzene rings is 2. The average Bonchev–Trinajstić information content (AvgIpc) is 3.05. The molecule has 1 unspecified atom stereocenters. The molecule has 0 amide bonds. The molecule has 0 radical (unpaired) electrons. The monoisotopic (exact) mass is 403 g/mol. The topological polar surface area (TPSA) is 49.0 Å². The quantitative estimate of drug-likeness (QED) is 0.481. The molecule has 1 atom stereocenters. The third kappa shape index (κ3) is 3.88. The van der Waals surface area contributed by atoms with Gasteiger partial charge in [0, 0.05) is 16.5 Å². The molecule has 4 aromatic rings. The maximum Gasteiger partial charge on any atom is 0.260 e. The normalized spacial score (nSPS) is 12.6. The Morgan fingerprint density at radius 3 is 2.45 bits per heavy atom. The van der Waals surface area contributed by atoms with Crippen molar-refractivity contribution in [3.63, 3.8) is 0 Å². The van der Waals surface area contributed by atoms with Crippen LogP contribution in [0.2, 0.25) is 0 Å². The smallest absolute Gasteiger partial charge is 0.260 e. The predicted molar refractivity (Wildman–Crippen MR) is 121 cm³/mol. The Bertz CT molecular complexity index is 1190. The van der Waals surface area contributed by atoms with Gasteiger partial charge < -0.3 is 4.98 Å². The van der Waals surface area contributed by atoms with E-state index >= 15 is 0 Å². The first-order chi connectivity index (χ1) is 13.9. The van der Waals surface area contributed by atoms with Gasteiger partial charge in [0.2, 0.25) is 0 Å². The van der Waals surface area contributed by atoms with E-state index in [9.17, 15) is 4.79 Å². The van der Waals surface area contributed by atoms with Crippen molar-refractivity contribution in [1.82, 2.24) is 14.9 Å². The number of aromatic amines is 1. The van der Waals surface area contributed by atoms with Crippen LogP contribution in [0.3, 0.4) is 0 Å². The van der Waals surface area contributed by atoms with Gasteiger partial charge in [-0.1, -0.05) is 60.2 Å². The number of rotatable bonds is 5. The fraction of sp³-hybridized carbons (Fsp3) is 0.250. The van der Waals surface area contributed by atoms with E-state index in [1.165, 1.54) is 11.1 Å². The second-order valence-corrected chi connectivity index (χ2v) is 8.80. The molecular weight excluding hydrogens is 378 g/mol. The van der Waals surface area contributed by atoms with Gasteiger partial charge in [-0.2, -0.15) is 0 Å². The molecule has 0 saturated carbocycles. The summed E-state index contributed by atoms with van der Waals surface area (Å²) in [5, 5.41) is 0.693. The average molecular weight is 404 g/mol. The number of nitrogens with zero attached hydrogens (tertiary/aromatic N) is 2. The van der Waals surface area contributed by atoms with Gasteiger partial charge in [-0.3, -0.25) is 9.69 Å².